The van der Waals surface area contributed by atoms with Gasteiger partial charge in [-0.3, -0.25) is 0 Å². The molecule has 0 unspecified atom stereocenters. The Kier molecular flexibility index (Phi) is 5.92. The molecule has 6 heteroatoms. The summed E-state index contributed by atoms with van der Waals surface area (Å²) in [6, 6.07) is 1.89. The zero-order valence-electron chi connectivity index (χ0n) is 9.22. The molecular weight excluding hydrogens is 258 g/mol. The monoisotopic (exact) mass is 271 g/mol. The van der Waals surface area contributed by atoms with Crippen molar-refractivity contribution in [2.75, 3.05) is 0 Å². The molecule has 0 saturated carbocycles. The van der Waals surface area contributed by atoms with Crippen LogP contribution < -0.4 is 5.73 Å². The summed E-state index contributed by atoms with van der Waals surface area (Å²) in [7, 11) is 0. The minimum Gasteiger partial charge on any atom is -0.324 e. The molecule has 0 spiro atoms. The van der Waals surface area contributed by atoms with Gasteiger partial charge in [0.05, 0.1) is 5.56 Å². The molecule has 0 radical (unpaired) electrons. The first kappa shape index (κ1) is 16.2. The summed E-state index contributed by atoms with van der Waals surface area (Å²) in [4.78, 5) is 0. The molecule has 0 fully saturated rings. The molecule has 1 aromatic carbocycles. The molecule has 0 aliphatic carbocycles. The van der Waals surface area contributed by atoms with Crippen molar-refractivity contribution >= 4 is 12.4 Å². The maximum atomic E-state index is 12.8. The summed E-state index contributed by atoms with van der Waals surface area (Å²) >= 11 is 0. The van der Waals surface area contributed by atoms with Crippen molar-refractivity contribution in [1.29, 1.82) is 0 Å². The van der Waals surface area contributed by atoms with Crippen molar-refractivity contribution < 1.29 is 17.6 Å². The van der Waals surface area contributed by atoms with Crippen LogP contribution in [0.15, 0.2) is 18.2 Å². The Morgan fingerprint density at radius 2 is 1.88 bits per heavy atom. The third kappa shape index (κ3) is 4.16. The zero-order valence-corrected chi connectivity index (χ0v) is 10.0. The summed E-state index contributed by atoms with van der Waals surface area (Å²) in [5.74, 6) is -0.903. The van der Waals surface area contributed by atoms with Crippen molar-refractivity contribution in [1.82, 2.24) is 0 Å². The van der Waals surface area contributed by atoms with Crippen LogP contribution in [0.3, 0.4) is 0 Å². The summed E-state index contributed by atoms with van der Waals surface area (Å²) in [5.41, 5.74) is 4.61. The molecule has 2 N–H and O–H groups in total. The lowest BCUT2D eigenvalue weighted by Crippen LogP contribution is -2.17. The van der Waals surface area contributed by atoms with Crippen molar-refractivity contribution in [2.45, 2.75) is 32.0 Å². The van der Waals surface area contributed by atoms with Crippen LogP contribution in [0.4, 0.5) is 17.6 Å². The summed E-state index contributed by atoms with van der Waals surface area (Å²) in [5, 5.41) is 0. The number of hydrogen-bond acceptors (Lipinski definition) is 1. The number of rotatable bonds is 3. The Hall–Kier alpha value is -0.810. The van der Waals surface area contributed by atoms with Gasteiger partial charge in [0.2, 0.25) is 0 Å². The van der Waals surface area contributed by atoms with E-state index < -0.39 is 23.6 Å². The van der Waals surface area contributed by atoms with Crippen LogP contribution in [0, 0.1) is 5.82 Å². The van der Waals surface area contributed by atoms with E-state index in [0.29, 0.717) is 18.9 Å². The molecule has 1 atom stereocenters. The number of halogens is 5. The largest absolute Gasteiger partial charge is 0.416 e. The predicted octanol–water partition coefficient (Wildman–Crippen LogP) is 4.07. The highest BCUT2D eigenvalue weighted by atomic mass is 35.5. The highest BCUT2D eigenvalue weighted by Crippen LogP contribution is 2.35. The van der Waals surface area contributed by atoms with Crippen LogP contribution in [0.2, 0.25) is 0 Å². The topological polar surface area (TPSA) is 26.0 Å². The van der Waals surface area contributed by atoms with E-state index in [9.17, 15) is 17.6 Å². The number of benzene rings is 1. The first-order valence-corrected chi connectivity index (χ1v) is 4.98. The lowest BCUT2D eigenvalue weighted by Gasteiger charge is -2.17. The first-order valence-electron chi connectivity index (χ1n) is 4.98. The van der Waals surface area contributed by atoms with Gasteiger partial charge in [0, 0.05) is 6.04 Å². The second-order valence-corrected chi connectivity index (χ2v) is 3.62. The van der Waals surface area contributed by atoms with E-state index in [-0.39, 0.29) is 18.0 Å². The van der Waals surface area contributed by atoms with Gasteiger partial charge in [-0.05, 0) is 24.1 Å². The molecule has 98 valence electrons. The quantitative estimate of drug-likeness (QED) is 0.824. The lowest BCUT2D eigenvalue weighted by molar-refractivity contribution is -0.138. The smallest absolute Gasteiger partial charge is 0.324 e. The van der Waals surface area contributed by atoms with Crippen molar-refractivity contribution in [3.8, 4) is 0 Å². The molecule has 17 heavy (non-hydrogen) atoms. The van der Waals surface area contributed by atoms with Gasteiger partial charge in [-0.2, -0.15) is 13.2 Å². The van der Waals surface area contributed by atoms with Gasteiger partial charge in [0.25, 0.3) is 0 Å². The van der Waals surface area contributed by atoms with Gasteiger partial charge in [0.15, 0.2) is 0 Å². The Balaban J connectivity index is 0.00000256. The van der Waals surface area contributed by atoms with Gasteiger partial charge >= 0.3 is 6.18 Å². The van der Waals surface area contributed by atoms with E-state index in [1.165, 1.54) is 0 Å². The lowest BCUT2D eigenvalue weighted by atomic mass is 9.97. The third-order valence-electron chi connectivity index (χ3n) is 2.32. The molecule has 1 aromatic rings. The van der Waals surface area contributed by atoms with E-state index in [0.717, 1.165) is 12.1 Å². The summed E-state index contributed by atoms with van der Waals surface area (Å²) < 4.78 is 50.6. The highest BCUT2D eigenvalue weighted by Gasteiger charge is 2.34. The normalized spacial score (nSPS) is 13.1. The van der Waals surface area contributed by atoms with E-state index in [1.54, 1.807) is 0 Å². The van der Waals surface area contributed by atoms with Crippen LogP contribution in [0.25, 0.3) is 0 Å². The second-order valence-electron chi connectivity index (χ2n) is 3.62. The Labute approximate surface area is 103 Å². The Morgan fingerprint density at radius 3 is 2.35 bits per heavy atom. The SMILES string of the molecule is CCC[C@@H](N)c1ccc(F)cc1C(F)(F)F.Cl. The van der Waals surface area contributed by atoms with Crippen LogP contribution >= 0.6 is 12.4 Å². The maximum Gasteiger partial charge on any atom is 0.416 e. The molecule has 1 rings (SSSR count). The van der Waals surface area contributed by atoms with Crippen LogP contribution in [-0.2, 0) is 6.18 Å². The Bertz CT molecular complexity index is 365. The minimum absolute atomic E-state index is 0. The minimum atomic E-state index is -4.57. The van der Waals surface area contributed by atoms with Crippen LogP contribution in [0.5, 0.6) is 0 Å². The molecule has 0 amide bonds. The zero-order chi connectivity index (χ0) is 12.3. The fourth-order valence-corrected chi connectivity index (χ4v) is 1.56. The number of hydrogen-bond donors (Lipinski definition) is 1. The van der Waals surface area contributed by atoms with Gasteiger partial charge in [-0.25, -0.2) is 4.39 Å². The van der Waals surface area contributed by atoms with E-state index in [2.05, 4.69) is 0 Å². The maximum absolute atomic E-state index is 12.8. The average Bonchev–Trinajstić information content (AvgIpc) is 2.16. The average molecular weight is 272 g/mol. The molecule has 1 nitrogen and oxygen atoms in total. The number of alkyl halides is 3. The van der Waals surface area contributed by atoms with E-state index in [1.807, 2.05) is 6.92 Å². The first-order chi connectivity index (χ1) is 7.36. The molecule has 0 saturated heterocycles. The molecule has 0 bridgehead atoms. The molecule has 0 aromatic heterocycles. The van der Waals surface area contributed by atoms with Gasteiger partial charge < -0.3 is 5.73 Å². The standard InChI is InChI=1S/C11H13F4N.ClH/c1-2-3-10(16)8-5-4-7(12)6-9(8)11(13,14)15;/h4-6,10H,2-3,16H2,1H3;1H/t10-;/m1./s1. The fraction of sp³-hybridized carbons (Fsp3) is 0.455. The second kappa shape index (κ2) is 6.21. The third-order valence-corrected chi connectivity index (χ3v) is 2.32. The van der Waals surface area contributed by atoms with Crippen LogP contribution in [0.1, 0.15) is 36.9 Å². The highest BCUT2D eigenvalue weighted by molar-refractivity contribution is 5.85. The molecule has 0 aliphatic heterocycles. The van der Waals surface area contributed by atoms with Crippen LogP contribution in [-0.4, -0.2) is 0 Å². The van der Waals surface area contributed by atoms with Crippen molar-refractivity contribution in [3.05, 3.63) is 35.1 Å². The summed E-state index contributed by atoms with van der Waals surface area (Å²) in [6.07, 6.45) is -3.45. The Morgan fingerprint density at radius 1 is 1.29 bits per heavy atom. The van der Waals surface area contributed by atoms with Crippen molar-refractivity contribution in [2.24, 2.45) is 5.73 Å². The van der Waals surface area contributed by atoms with Gasteiger partial charge in [-0.15, -0.1) is 12.4 Å². The number of nitrogens with two attached hydrogens (primary N) is 1. The molecule has 0 heterocycles. The van der Waals surface area contributed by atoms with Gasteiger partial charge in [-0.1, -0.05) is 19.4 Å². The van der Waals surface area contributed by atoms with Crippen molar-refractivity contribution in [3.63, 3.8) is 0 Å². The molecular formula is C11H14ClF4N. The van der Waals surface area contributed by atoms with Gasteiger partial charge in [0.1, 0.15) is 5.82 Å². The van der Waals surface area contributed by atoms with E-state index in [4.69, 9.17) is 5.73 Å². The van der Waals surface area contributed by atoms with E-state index >= 15 is 0 Å². The summed E-state index contributed by atoms with van der Waals surface area (Å²) in [6.45, 7) is 1.83. The predicted molar refractivity (Wildman–Crippen MR) is 60.5 cm³/mol. The fourth-order valence-electron chi connectivity index (χ4n) is 1.56. The molecule has 0 aliphatic rings.